The van der Waals surface area contributed by atoms with Crippen LogP contribution in [0.3, 0.4) is 0 Å². The minimum absolute atomic E-state index is 0.198. The van der Waals surface area contributed by atoms with Gasteiger partial charge in [0.15, 0.2) is 12.4 Å². The Balaban J connectivity index is 1.26. The molecule has 3 atom stereocenters. The summed E-state index contributed by atoms with van der Waals surface area (Å²) >= 11 is 0. The van der Waals surface area contributed by atoms with E-state index in [9.17, 15) is 23.6 Å². The van der Waals surface area contributed by atoms with E-state index in [-0.39, 0.29) is 17.4 Å². The molecular weight excluding hydrogens is 461 g/mol. The molecule has 1 heterocycles. The van der Waals surface area contributed by atoms with E-state index in [2.05, 4.69) is 0 Å². The molecule has 2 bridgehead atoms. The molecule has 0 aromatic heterocycles. The Kier molecular flexibility index (Phi) is 5.10. The Morgan fingerprint density at radius 1 is 0.806 bits per heavy atom. The summed E-state index contributed by atoms with van der Waals surface area (Å²) in [4.78, 5) is 53.6. The lowest BCUT2D eigenvalue weighted by Gasteiger charge is -2.45. The van der Waals surface area contributed by atoms with Crippen LogP contribution in [0.2, 0.25) is 0 Å². The summed E-state index contributed by atoms with van der Waals surface area (Å²) in [5.74, 6) is -4.33. The minimum Gasteiger partial charge on any atom is -0.456 e. The second-order valence-electron chi connectivity index (χ2n) is 9.52. The van der Waals surface area contributed by atoms with Crippen molar-refractivity contribution >= 4 is 23.6 Å². The number of likely N-dealkylation sites (tertiary alicyclic amines) is 1. The maximum absolute atomic E-state index is 13.7. The molecule has 1 aliphatic heterocycles. The van der Waals surface area contributed by atoms with Crippen molar-refractivity contribution in [2.75, 3.05) is 6.61 Å². The number of halogens is 1. The van der Waals surface area contributed by atoms with E-state index in [0.29, 0.717) is 0 Å². The number of nitrogens with zero attached hydrogens (tertiary/aromatic N) is 1. The molecule has 0 N–H and O–H groups in total. The van der Waals surface area contributed by atoms with E-state index in [1.807, 2.05) is 48.5 Å². The molecule has 0 spiro atoms. The quantitative estimate of drug-likeness (QED) is 0.313. The van der Waals surface area contributed by atoms with Gasteiger partial charge < -0.3 is 4.74 Å². The van der Waals surface area contributed by atoms with Gasteiger partial charge in [0, 0.05) is 17.4 Å². The summed E-state index contributed by atoms with van der Waals surface area (Å²) in [5.41, 5.74) is 4.38. The Bertz CT molecular complexity index is 1320. The number of benzene rings is 3. The molecule has 180 valence electrons. The number of hydrogen-bond acceptors (Lipinski definition) is 5. The maximum Gasteiger partial charge on any atom is 0.329 e. The van der Waals surface area contributed by atoms with Crippen molar-refractivity contribution in [1.82, 2.24) is 4.90 Å². The van der Waals surface area contributed by atoms with Crippen molar-refractivity contribution < 1.29 is 28.3 Å². The first-order valence-corrected chi connectivity index (χ1v) is 11.9. The van der Waals surface area contributed by atoms with Gasteiger partial charge in [-0.1, -0.05) is 48.5 Å². The minimum atomic E-state index is -1.18. The zero-order valence-corrected chi connectivity index (χ0v) is 19.4. The van der Waals surface area contributed by atoms with Crippen molar-refractivity contribution in [3.8, 4) is 0 Å². The molecule has 1 saturated heterocycles. The van der Waals surface area contributed by atoms with Gasteiger partial charge in [-0.2, -0.15) is 0 Å². The third-order valence-corrected chi connectivity index (χ3v) is 7.72. The summed E-state index contributed by atoms with van der Waals surface area (Å²) < 4.78 is 18.3. The number of esters is 1. The molecule has 0 unspecified atom stereocenters. The number of Topliss-reactive ketones (excluding diaryl/α,β-unsaturated/α-hetero) is 1. The first-order valence-electron chi connectivity index (χ1n) is 11.9. The average molecular weight is 483 g/mol. The zero-order chi connectivity index (χ0) is 25.1. The lowest BCUT2D eigenvalue weighted by molar-refractivity contribution is -0.157. The second-order valence-corrected chi connectivity index (χ2v) is 9.52. The lowest BCUT2D eigenvalue weighted by Crippen LogP contribution is -2.45. The van der Waals surface area contributed by atoms with Crippen molar-refractivity contribution in [3.05, 3.63) is 106 Å². The average Bonchev–Trinajstić information content (AvgIpc) is 3.17. The highest BCUT2D eigenvalue weighted by molar-refractivity contribution is 6.10. The normalized spacial score (nSPS) is 24.1. The number of ether oxygens (including phenoxy) is 1. The molecule has 0 radical (unpaired) electrons. The van der Waals surface area contributed by atoms with Crippen LogP contribution in [0, 0.1) is 17.7 Å². The van der Waals surface area contributed by atoms with E-state index < -0.39 is 53.9 Å². The summed E-state index contributed by atoms with van der Waals surface area (Å²) in [7, 11) is 0. The van der Waals surface area contributed by atoms with Crippen LogP contribution in [0.15, 0.2) is 72.8 Å². The molecule has 4 aliphatic rings. The molecule has 0 saturated carbocycles. The zero-order valence-electron chi connectivity index (χ0n) is 19.4. The Morgan fingerprint density at radius 2 is 1.25 bits per heavy atom. The van der Waals surface area contributed by atoms with Crippen molar-refractivity contribution in [3.63, 3.8) is 0 Å². The molecule has 3 aromatic carbocycles. The molecule has 6 nitrogen and oxygen atoms in total. The fraction of sp³-hybridized carbons (Fsp3) is 0.241. The summed E-state index contributed by atoms with van der Waals surface area (Å²) in [6.45, 7) is 0.875. The highest BCUT2D eigenvalue weighted by atomic mass is 19.1. The molecule has 1 fully saturated rings. The SMILES string of the molecule is C[C@H](C(=O)OCC(=O)c1ccc(F)cc1)N1C(=O)[C@H]2C3c4ccccc4C(c4ccccc43)[C@@H]2C1=O. The largest absolute Gasteiger partial charge is 0.456 e. The van der Waals surface area contributed by atoms with E-state index in [1.54, 1.807) is 0 Å². The summed E-state index contributed by atoms with van der Waals surface area (Å²) in [5, 5.41) is 0. The Morgan fingerprint density at radius 3 is 1.69 bits per heavy atom. The van der Waals surface area contributed by atoms with E-state index in [4.69, 9.17) is 4.74 Å². The van der Waals surface area contributed by atoms with Gasteiger partial charge in [0.05, 0.1) is 11.8 Å². The first kappa shape index (κ1) is 22.3. The molecule has 3 aliphatic carbocycles. The van der Waals surface area contributed by atoms with Gasteiger partial charge in [-0.3, -0.25) is 19.3 Å². The number of carbonyl (C=O) groups is 4. The number of rotatable bonds is 5. The van der Waals surface area contributed by atoms with Gasteiger partial charge in [-0.15, -0.1) is 0 Å². The van der Waals surface area contributed by atoms with Crippen LogP contribution in [-0.4, -0.2) is 41.1 Å². The molecule has 2 amide bonds. The van der Waals surface area contributed by atoms with Gasteiger partial charge in [-0.05, 0) is 53.4 Å². The number of imide groups is 1. The van der Waals surface area contributed by atoms with Crippen LogP contribution in [0.5, 0.6) is 0 Å². The lowest BCUT2D eigenvalue weighted by atomic mass is 9.55. The third kappa shape index (κ3) is 3.15. The van der Waals surface area contributed by atoms with Gasteiger partial charge in [-0.25, -0.2) is 9.18 Å². The van der Waals surface area contributed by atoms with Crippen molar-refractivity contribution in [2.24, 2.45) is 11.8 Å². The second kappa shape index (κ2) is 8.22. The predicted octanol–water partition coefficient (Wildman–Crippen LogP) is 3.83. The highest BCUT2D eigenvalue weighted by Crippen LogP contribution is 2.61. The van der Waals surface area contributed by atoms with Crippen LogP contribution in [-0.2, 0) is 19.1 Å². The van der Waals surface area contributed by atoms with Crippen LogP contribution < -0.4 is 0 Å². The fourth-order valence-corrected chi connectivity index (χ4v) is 6.16. The number of amides is 2. The third-order valence-electron chi connectivity index (χ3n) is 7.72. The number of hydrogen-bond donors (Lipinski definition) is 0. The highest BCUT2D eigenvalue weighted by Gasteiger charge is 2.62. The Hall–Kier alpha value is -4.13. The van der Waals surface area contributed by atoms with Crippen molar-refractivity contribution in [2.45, 2.75) is 24.8 Å². The number of ketones is 1. The van der Waals surface area contributed by atoms with Crippen LogP contribution in [0.4, 0.5) is 4.39 Å². The Labute approximate surface area is 206 Å². The van der Waals surface area contributed by atoms with E-state index in [1.165, 1.54) is 19.1 Å². The maximum atomic E-state index is 13.7. The number of carbonyl (C=O) groups excluding carboxylic acids is 4. The fourth-order valence-electron chi connectivity index (χ4n) is 6.16. The standard InChI is InChI=1S/C29H22FNO5/c1-15(29(35)36-14-22(32)16-10-12-17(30)13-11-16)31-27(33)25-23-18-6-2-3-7-19(18)24(26(25)28(31)34)21-9-5-4-8-20(21)23/h2-13,15,23-26H,14H2,1H3/t15-,23?,24?,25+,26+/m1/s1. The molecule has 7 heteroatoms. The van der Waals surface area contributed by atoms with Crippen LogP contribution in [0.25, 0.3) is 0 Å². The van der Waals surface area contributed by atoms with E-state index in [0.717, 1.165) is 39.3 Å². The topological polar surface area (TPSA) is 80.8 Å². The molecule has 3 aromatic rings. The van der Waals surface area contributed by atoms with Crippen molar-refractivity contribution in [1.29, 1.82) is 0 Å². The molecule has 36 heavy (non-hydrogen) atoms. The van der Waals surface area contributed by atoms with Crippen LogP contribution >= 0.6 is 0 Å². The molecule has 7 rings (SSSR count). The summed E-state index contributed by atoms with van der Waals surface area (Å²) in [6, 6.07) is 19.5. The van der Waals surface area contributed by atoms with Gasteiger partial charge in [0.1, 0.15) is 11.9 Å². The van der Waals surface area contributed by atoms with Crippen LogP contribution in [0.1, 0.15) is 51.4 Å². The summed E-state index contributed by atoms with van der Waals surface area (Å²) in [6.07, 6.45) is 0. The monoisotopic (exact) mass is 483 g/mol. The molecular formula is C29H22FNO5. The first-order chi connectivity index (χ1) is 17.4. The predicted molar refractivity (Wildman–Crippen MR) is 127 cm³/mol. The smallest absolute Gasteiger partial charge is 0.329 e. The van der Waals surface area contributed by atoms with Gasteiger partial charge in [0.2, 0.25) is 11.8 Å². The van der Waals surface area contributed by atoms with Gasteiger partial charge in [0.25, 0.3) is 0 Å². The van der Waals surface area contributed by atoms with Gasteiger partial charge >= 0.3 is 5.97 Å². The van der Waals surface area contributed by atoms with E-state index >= 15 is 0 Å².